The first kappa shape index (κ1) is 27.0. The number of amides is 2. The molecule has 0 bridgehead atoms. The summed E-state index contributed by atoms with van der Waals surface area (Å²) in [5.41, 5.74) is 3.56. The molecule has 0 atom stereocenters. The fourth-order valence-corrected chi connectivity index (χ4v) is 3.63. The van der Waals surface area contributed by atoms with Gasteiger partial charge in [0, 0.05) is 26.2 Å². The van der Waals surface area contributed by atoms with Crippen LogP contribution in [-0.2, 0) is 6.18 Å². The van der Waals surface area contributed by atoms with Crippen molar-refractivity contribution >= 4 is 23.5 Å². The summed E-state index contributed by atoms with van der Waals surface area (Å²) in [6, 6.07) is 11.8. The monoisotopic (exact) mass is 519 g/mol. The molecule has 2 aromatic carbocycles. The maximum atomic E-state index is 13.1. The van der Waals surface area contributed by atoms with Gasteiger partial charge < -0.3 is 20.6 Å². The van der Waals surface area contributed by atoms with Crippen LogP contribution in [0.3, 0.4) is 0 Å². The lowest BCUT2D eigenvalue weighted by atomic mass is 10.1. The van der Waals surface area contributed by atoms with E-state index in [0.29, 0.717) is 5.69 Å². The first-order valence-electron chi connectivity index (χ1n) is 10.8. The molecule has 0 spiro atoms. The topological polar surface area (TPSA) is 130 Å². The minimum Gasteiger partial charge on any atom is -0.476 e. The van der Waals surface area contributed by atoms with E-state index in [2.05, 4.69) is 10.2 Å². The van der Waals surface area contributed by atoms with Gasteiger partial charge in [0.1, 0.15) is 5.82 Å². The van der Waals surface area contributed by atoms with Gasteiger partial charge in [0.25, 0.3) is 11.8 Å². The second-order valence-corrected chi connectivity index (χ2v) is 7.74. The minimum atomic E-state index is -4.62. The number of nitrogens with zero attached hydrogens (tertiary/aromatic N) is 4. The molecule has 1 aliphatic heterocycles. The van der Waals surface area contributed by atoms with Crippen LogP contribution in [0.2, 0.25) is 0 Å². The highest BCUT2D eigenvalue weighted by Crippen LogP contribution is 2.32. The summed E-state index contributed by atoms with van der Waals surface area (Å²) in [4.78, 5) is 37.3. The third kappa shape index (κ3) is 6.57. The molecule has 2 amide bonds. The van der Waals surface area contributed by atoms with E-state index in [-0.39, 0.29) is 37.4 Å². The summed E-state index contributed by atoms with van der Waals surface area (Å²) in [5.74, 6) is -3.24. The van der Waals surface area contributed by atoms with Crippen LogP contribution >= 0.6 is 0 Å². The number of carbonyl (C=O) groups is 3. The van der Waals surface area contributed by atoms with Gasteiger partial charge in [-0.15, -0.1) is 5.10 Å². The molecule has 0 saturated carbocycles. The quantitative estimate of drug-likeness (QED) is 0.507. The van der Waals surface area contributed by atoms with Crippen molar-refractivity contribution in [1.29, 1.82) is 0 Å². The Morgan fingerprint density at radius 3 is 2.03 bits per heavy atom. The van der Waals surface area contributed by atoms with Gasteiger partial charge in [0.2, 0.25) is 0 Å². The fraction of sp³-hybridized carbons (Fsp3) is 0.208. The zero-order valence-corrected chi connectivity index (χ0v) is 19.2. The summed E-state index contributed by atoms with van der Waals surface area (Å²) in [5, 5.41) is 16.3. The highest BCUT2D eigenvalue weighted by molar-refractivity contribution is 5.96. The van der Waals surface area contributed by atoms with Gasteiger partial charge in [-0.1, -0.05) is 24.3 Å². The first-order valence-corrected chi connectivity index (χ1v) is 10.8. The molecule has 0 unspecified atom stereocenters. The first-order chi connectivity index (χ1) is 17.5. The number of piperazine rings is 1. The third-order valence-corrected chi connectivity index (χ3v) is 5.41. The third-order valence-electron chi connectivity index (χ3n) is 5.41. The van der Waals surface area contributed by atoms with Crippen LogP contribution in [-0.4, -0.2) is 64.2 Å². The Morgan fingerprint density at radius 2 is 1.49 bits per heavy atom. The van der Waals surface area contributed by atoms with Crippen molar-refractivity contribution in [2.24, 2.45) is 5.73 Å². The highest BCUT2D eigenvalue weighted by Gasteiger charge is 2.36. The number of nitrogens with two attached hydrogens (primary N) is 1. The smallest absolute Gasteiger partial charge is 0.417 e. The Morgan fingerprint density at radius 1 is 0.892 bits per heavy atom. The van der Waals surface area contributed by atoms with Gasteiger partial charge in [-0.2, -0.15) is 18.3 Å². The largest absolute Gasteiger partial charge is 0.476 e. The molecule has 3 aromatic rings. The average molecular weight is 519 g/mol. The van der Waals surface area contributed by atoms with Crippen LogP contribution in [0.15, 0.2) is 60.8 Å². The number of carboxylic acid groups (broad SMARTS) is 1. The molecule has 4 rings (SSSR count). The number of aromatic carboxylic acids is 1. The molecule has 1 aliphatic rings. The van der Waals surface area contributed by atoms with E-state index < -0.39 is 40.9 Å². The Labute approximate surface area is 208 Å². The molecule has 37 heavy (non-hydrogen) atoms. The molecule has 1 fully saturated rings. The molecule has 2 heterocycles. The second kappa shape index (κ2) is 11.5. The average Bonchev–Trinajstić information content (AvgIpc) is 2.88. The van der Waals surface area contributed by atoms with E-state index in [9.17, 15) is 37.1 Å². The van der Waals surface area contributed by atoms with Crippen molar-refractivity contribution in [3.8, 4) is 0 Å². The molecule has 1 saturated heterocycles. The van der Waals surface area contributed by atoms with E-state index in [4.69, 9.17) is 5.73 Å². The molecule has 0 radical (unpaired) electrons. The summed E-state index contributed by atoms with van der Waals surface area (Å²) in [7, 11) is 0. The summed E-state index contributed by atoms with van der Waals surface area (Å²) in [6.07, 6.45) is -3.26. The summed E-state index contributed by atoms with van der Waals surface area (Å²) < 4.78 is 51.9. The van der Waals surface area contributed by atoms with E-state index in [1.54, 1.807) is 11.0 Å². The van der Waals surface area contributed by atoms with Crippen LogP contribution < -0.4 is 10.6 Å². The predicted octanol–water partition coefficient (Wildman–Crippen LogP) is 3.08. The number of aromatic nitrogens is 2. The number of rotatable bonds is 4. The zero-order chi connectivity index (χ0) is 27.2. The highest BCUT2D eigenvalue weighted by atomic mass is 19.4. The van der Waals surface area contributed by atoms with Crippen LogP contribution in [0.4, 0.5) is 23.2 Å². The fourth-order valence-electron chi connectivity index (χ4n) is 3.63. The van der Waals surface area contributed by atoms with E-state index >= 15 is 0 Å². The lowest BCUT2D eigenvalue weighted by molar-refractivity contribution is -0.138. The van der Waals surface area contributed by atoms with Crippen molar-refractivity contribution in [2.75, 3.05) is 31.1 Å². The van der Waals surface area contributed by atoms with Gasteiger partial charge in [0.15, 0.2) is 5.69 Å². The molecule has 13 heteroatoms. The van der Waals surface area contributed by atoms with Gasteiger partial charge in [-0.3, -0.25) is 9.59 Å². The van der Waals surface area contributed by atoms with Crippen molar-refractivity contribution in [3.63, 3.8) is 0 Å². The standard InChI is InChI=1S/C17H15F3N4O3.C7H6FNO/c18-17(19,20)12-4-2-1-3-11(12)15(25)24-9-7-23(8-10-24)13-5-6-21-22-14(13)16(26)27;8-6-4-2-1-3-5(6)7(9)10/h1-6H,7-10H2,(H,26,27);1-4H,(H2,9,10). The van der Waals surface area contributed by atoms with Crippen LogP contribution in [0.25, 0.3) is 0 Å². The number of alkyl halides is 3. The molecule has 3 N–H and O–H groups in total. The van der Waals surface area contributed by atoms with Crippen molar-refractivity contribution in [3.05, 3.63) is 89.0 Å². The lowest BCUT2D eigenvalue weighted by Gasteiger charge is -2.36. The molecule has 194 valence electrons. The number of hydrogen-bond acceptors (Lipinski definition) is 6. The van der Waals surface area contributed by atoms with Crippen molar-refractivity contribution in [2.45, 2.75) is 6.18 Å². The van der Waals surface area contributed by atoms with E-state index in [0.717, 1.165) is 12.1 Å². The van der Waals surface area contributed by atoms with E-state index in [1.807, 2.05) is 0 Å². The number of primary amides is 1. The Bertz CT molecular complexity index is 1290. The molecular formula is C24H21F4N5O4. The summed E-state index contributed by atoms with van der Waals surface area (Å²) in [6.45, 7) is 0.858. The Balaban J connectivity index is 0.000000319. The SMILES string of the molecule is NC(=O)c1ccccc1F.O=C(O)c1nnccc1N1CCN(C(=O)c2ccccc2C(F)(F)F)CC1. The van der Waals surface area contributed by atoms with Gasteiger partial charge >= 0.3 is 12.1 Å². The van der Waals surface area contributed by atoms with Gasteiger partial charge in [0.05, 0.1) is 28.6 Å². The Kier molecular flexibility index (Phi) is 8.37. The van der Waals surface area contributed by atoms with Crippen LogP contribution in [0.1, 0.15) is 36.8 Å². The molecule has 9 nitrogen and oxygen atoms in total. The van der Waals surface area contributed by atoms with Crippen molar-refractivity contribution < 1.29 is 37.1 Å². The van der Waals surface area contributed by atoms with Crippen LogP contribution in [0.5, 0.6) is 0 Å². The van der Waals surface area contributed by atoms with Crippen molar-refractivity contribution in [1.82, 2.24) is 15.1 Å². The number of anilines is 1. The molecule has 0 aliphatic carbocycles. The van der Waals surface area contributed by atoms with Gasteiger partial charge in [-0.05, 0) is 30.3 Å². The number of benzene rings is 2. The lowest BCUT2D eigenvalue weighted by Crippen LogP contribution is -2.49. The molecule has 1 aromatic heterocycles. The molecular weight excluding hydrogens is 498 g/mol. The number of carboxylic acids is 1. The number of carbonyl (C=O) groups excluding carboxylic acids is 2. The minimum absolute atomic E-state index is 0.0671. The maximum absolute atomic E-state index is 13.1. The zero-order valence-electron chi connectivity index (χ0n) is 19.2. The predicted molar refractivity (Wildman–Crippen MR) is 123 cm³/mol. The van der Waals surface area contributed by atoms with E-state index in [1.165, 1.54) is 47.5 Å². The maximum Gasteiger partial charge on any atom is 0.417 e. The summed E-state index contributed by atoms with van der Waals surface area (Å²) >= 11 is 0. The van der Waals surface area contributed by atoms with Crippen LogP contribution in [0, 0.1) is 5.82 Å². The Hall–Kier alpha value is -4.55. The number of halogens is 4. The normalized spacial score (nSPS) is 13.4. The van der Waals surface area contributed by atoms with Gasteiger partial charge in [-0.25, -0.2) is 9.18 Å². The second-order valence-electron chi connectivity index (χ2n) is 7.74. The number of hydrogen-bond donors (Lipinski definition) is 2.